The molecule has 118 valence electrons. The van der Waals surface area contributed by atoms with Gasteiger partial charge in [0.2, 0.25) is 0 Å². The van der Waals surface area contributed by atoms with Crippen molar-refractivity contribution >= 4 is 5.97 Å². The standard InChI is InChI=1S/C12H13F5N2O2/c1-2-21-9(20)4-8-10(12(15,16)17)7(11(13)14)3-6(5-18)19-8/h3,11H,2,4-5,18H2,1H3. The van der Waals surface area contributed by atoms with Crippen LogP contribution in [0.2, 0.25) is 0 Å². The molecule has 1 rings (SSSR count). The van der Waals surface area contributed by atoms with E-state index >= 15 is 0 Å². The molecule has 1 aromatic heterocycles. The number of alkyl halides is 5. The van der Waals surface area contributed by atoms with Gasteiger partial charge in [-0.25, -0.2) is 8.78 Å². The summed E-state index contributed by atoms with van der Waals surface area (Å²) in [7, 11) is 0. The summed E-state index contributed by atoms with van der Waals surface area (Å²) >= 11 is 0. The lowest BCUT2D eigenvalue weighted by atomic mass is 10.0. The average Bonchev–Trinajstić information content (AvgIpc) is 2.36. The molecule has 1 aromatic rings. The van der Waals surface area contributed by atoms with Gasteiger partial charge in [-0.3, -0.25) is 9.78 Å². The van der Waals surface area contributed by atoms with E-state index in [9.17, 15) is 26.7 Å². The number of nitrogens with two attached hydrogens (primary N) is 1. The van der Waals surface area contributed by atoms with E-state index in [4.69, 9.17) is 5.73 Å². The van der Waals surface area contributed by atoms with Crippen LogP contribution in [0.5, 0.6) is 0 Å². The van der Waals surface area contributed by atoms with Gasteiger partial charge in [0.15, 0.2) is 0 Å². The first kappa shape index (κ1) is 17.3. The molecule has 0 saturated heterocycles. The fourth-order valence-corrected chi connectivity index (χ4v) is 1.76. The minimum absolute atomic E-state index is 0.0432. The first-order chi connectivity index (χ1) is 9.70. The second kappa shape index (κ2) is 6.79. The Hall–Kier alpha value is -1.77. The molecule has 4 nitrogen and oxygen atoms in total. The van der Waals surface area contributed by atoms with Crippen LogP contribution < -0.4 is 5.73 Å². The van der Waals surface area contributed by atoms with Gasteiger partial charge in [0.05, 0.1) is 30.0 Å². The van der Waals surface area contributed by atoms with Crippen molar-refractivity contribution in [3.63, 3.8) is 0 Å². The molecule has 0 amide bonds. The van der Waals surface area contributed by atoms with E-state index in [2.05, 4.69) is 9.72 Å². The van der Waals surface area contributed by atoms with E-state index in [1.165, 1.54) is 6.92 Å². The number of nitrogens with zero attached hydrogens (tertiary/aromatic N) is 1. The second-order valence-electron chi connectivity index (χ2n) is 4.01. The van der Waals surface area contributed by atoms with Crippen molar-refractivity contribution in [3.05, 3.63) is 28.6 Å². The number of pyridine rings is 1. The van der Waals surface area contributed by atoms with Crippen molar-refractivity contribution in [2.75, 3.05) is 6.61 Å². The Morgan fingerprint density at radius 1 is 1.43 bits per heavy atom. The highest BCUT2D eigenvalue weighted by atomic mass is 19.4. The predicted molar refractivity (Wildman–Crippen MR) is 62.4 cm³/mol. The number of aromatic nitrogens is 1. The predicted octanol–water partition coefficient (Wildman–Crippen LogP) is 2.60. The van der Waals surface area contributed by atoms with Crippen LogP contribution >= 0.6 is 0 Å². The quantitative estimate of drug-likeness (QED) is 0.670. The number of ether oxygens (including phenoxy) is 1. The summed E-state index contributed by atoms with van der Waals surface area (Å²) in [6, 6.07) is 0.599. The first-order valence-corrected chi connectivity index (χ1v) is 5.94. The summed E-state index contributed by atoms with van der Waals surface area (Å²) < 4.78 is 69.2. The van der Waals surface area contributed by atoms with Crippen molar-refractivity contribution in [2.45, 2.75) is 32.5 Å². The molecule has 0 fully saturated rings. The zero-order valence-corrected chi connectivity index (χ0v) is 11.0. The first-order valence-electron chi connectivity index (χ1n) is 5.94. The van der Waals surface area contributed by atoms with Gasteiger partial charge < -0.3 is 10.5 Å². The summed E-state index contributed by atoms with van der Waals surface area (Å²) in [6.07, 6.45) is -9.28. The van der Waals surface area contributed by atoms with E-state index in [1.54, 1.807) is 0 Å². The van der Waals surface area contributed by atoms with Gasteiger partial charge in [0, 0.05) is 12.1 Å². The van der Waals surface area contributed by atoms with E-state index in [-0.39, 0.29) is 18.8 Å². The Labute approximate surface area is 117 Å². The molecule has 21 heavy (non-hydrogen) atoms. The fourth-order valence-electron chi connectivity index (χ4n) is 1.76. The van der Waals surface area contributed by atoms with Crippen LogP contribution in [-0.2, 0) is 28.7 Å². The van der Waals surface area contributed by atoms with Gasteiger partial charge in [-0.05, 0) is 13.0 Å². The van der Waals surface area contributed by atoms with Crippen LogP contribution in [0.1, 0.15) is 35.9 Å². The Bertz CT molecular complexity index is 517. The molecule has 0 spiro atoms. The Morgan fingerprint density at radius 2 is 2.05 bits per heavy atom. The SMILES string of the molecule is CCOC(=O)Cc1nc(CN)cc(C(F)F)c1C(F)(F)F. The Balaban J connectivity index is 3.43. The smallest absolute Gasteiger partial charge is 0.418 e. The molecule has 0 atom stereocenters. The van der Waals surface area contributed by atoms with Crippen LogP contribution in [0.15, 0.2) is 6.07 Å². The Morgan fingerprint density at radius 3 is 2.48 bits per heavy atom. The van der Waals surface area contributed by atoms with Crippen LogP contribution in [0, 0.1) is 0 Å². The van der Waals surface area contributed by atoms with Crippen molar-refractivity contribution in [3.8, 4) is 0 Å². The third-order valence-electron chi connectivity index (χ3n) is 2.52. The topological polar surface area (TPSA) is 65.2 Å². The molecule has 0 aromatic carbocycles. The van der Waals surface area contributed by atoms with Crippen molar-refractivity contribution in [2.24, 2.45) is 5.73 Å². The minimum atomic E-state index is -5.06. The third-order valence-corrected chi connectivity index (χ3v) is 2.52. The zero-order chi connectivity index (χ0) is 16.2. The Kier molecular flexibility index (Phi) is 5.59. The molecule has 9 heteroatoms. The monoisotopic (exact) mass is 312 g/mol. The van der Waals surface area contributed by atoms with Gasteiger partial charge in [-0.15, -0.1) is 0 Å². The molecular weight excluding hydrogens is 299 g/mol. The summed E-state index contributed by atoms with van der Waals surface area (Å²) in [5.74, 6) is -0.982. The molecular formula is C12H13F5N2O2. The summed E-state index contributed by atoms with van der Waals surface area (Å²) in [4.78, 5) is 14.9. The number of carbonyl (C=O) groups excluding carboxylic acids is 1. The molecule has 0 aliphatic rings. The molecule has 1 heterocycles. The normalized spacial score (nSPS) is 11.8. The highest BCUT2D eigenvalue weighted by molar-refractivity contribution is 5.72. The van der Waals surface area contributed by atoms with Gasteiger partial charge in [0.25, 0.3) is 6.43 Å². The maximum absolute atomic E-state index is 13.0. The number of halogens is 5. The van der Waals surface area contributed by atoms with Gasteiger partial charge >= 0.3 is 12.1 Å². The lowest BCUT2D eigenvalue weighted by Crippen LogP contribution is -2.20. The van der Waals surface area contributed by atoms with Crippen LogP contribution in [0.3, 0.4) is 0 Å². The summed E-state index contributed by atoms with van der Waals surface area (Å²) in [5, 5.41) is 0. The van der Waals surface area contributed by atoms with Gasteiger partial charge in [0.1, 0.15) is 0 Å². The number of rotatable bonds is 5. The van der Waals surface area contributed by atoms with E-state index in [0.29, 0.717) is 6.07 Å². The molecule has 0 unspecified atom stereocenters. The number of hydrogen-bond acceptors (Lipinski definition) is 4. The highest BCUT2D eigenvalue weighted by Gasteiger charge is 2.40. The van der Waals surface area contributed by atoms with Crippen LogP contribution in [0.25, 0.3) is 0 Å². The third kappa shape index (κ3) is 4.35. The van der Waals surface area contributed by atoms with E-state index in [1.807, 2.05) is 0 Å². The molecule has 0 aliphatic carbocycles. The second-order valence-corrected chi connectivity index (χ2v) is 4.01. The van der Waals surface area contributed by atoms with Crippen LogP contribution in [0.4, 0.5) is 22.0 Å². The number of esters is 1. The maximum atomic E-state index is 13.0. The lowest BCUT2D eigenvalue weighted by Gasteiger charge is -2.17. The van der Waals surface area contributed by atoms with Crippen LogP contribution in [-0.4, -0.2) is 17.6 Å². The largest absolute Gasteiger partial charge is 0.466 e. The van der Waals surface area contributed by atoms with E-state index in [0.717, 1.165) is 0 Å². The van der Waals surface area contributed by atoms with Gasteiger partial charge in [-0.2, -0.15) is 13.2 Å². The van der Waals surface area contributed by atoms with Crippen molar-refractivity contribution in [1.29, 1.82) is 0 Å². The molecule has 0 radical (unpaired) electrons. The maximum Gasteiger partial charge on any atom is 0.418 e. The molecule has 0 saturated carbocycles. The average molecular weight is 312 g/mol. The van der Waals surface area contributed by atoms with E-state index < -0.39 is 41.8 Å². The molecule has 0 aliphatic heterocycles. The van der Waals surface area contributed by atoms with Crippen molar-refractivity contribution in [1.82, 2.24) is 4.98 Å². The minimum Gasteiger partial charge on any atom is -0.466 e. The number of hydrogen-bond donors (Lipinski definition) is 1. The summed E-state index contributed by atoms with van der Waals surface area (Å²) in [6.45, 7) is 1.10. The number of carbonyl (C=O) groups is 1. The molecule has 2 N–H and O–H groups in total. The zero-order valence-electron chi connectivity index (χ0n) is 11.0. The summed E-state index contributed by atoms with van der Waals surface area (Å²) in [5.41, 5.74) is 1.42. The fraction of sp³-hybridized carbons (Fsp3) is 0.500. The highest BCUT2D eigenvalue weighted by Crippen LogP contribution is 2.38. The van der Waals surface area contributed by atoms with Gasteiger partial charge in [-0.1, -0.05) is 0 Å². The van der Waals surface area contributed by atoms with Crippen molar-refractivity contribution < 1.29 is 31.5 Å². The molecule has 0 bridgehead atoms. The lowest BCUT2D eigenvalue weighted by molar-refractivity contribution is -0.144.